The highest BCUT2D eigenvalue weighted by Crippen LogP contribution is 2.28. The van der Waals surface area contributed by atoms with E-state index in [9.17, 15) is 9.59 Å². The lowest BCUT2D eigenvalue weighted by Crippen LogP contribution is -2.47. The molecular formula is C27H34N4O3. The summed E-state index contributed by atoms with van der Waals surface area (Å²) in [4.78, 5) is 27.6. The maximum absolute atomic E-state index is 13.3. The number of carbonyl (C=O) groups is 1. The zero-order chi connectivity index (χ0) is 24.5. The summed E-state index contributed by atoms with van der Waals surface area (Å²) in [6.45, 7) is 11.7. The van der Waals surface area contributed by atoms with Crippen molar-refractivity contribution in [1.82, 2.24) is 20.0 Å². The molecule has 0 aliphatic carbocycles. The van der Waals surface area contributed by atoms with Gasteiger partial charge in [0.1, 0.15) is 5.60 Å². The van der Waals surface area contributed by atoms with E-state index < -0.39 is 5.60 Å². The van der Waals surface area contributed by atoms with Gasteiger partial charge in [-0.05, 0) is 65.2 Å². The Balaban J connectivity index is 1.55. The number of ether oxygens (including phenoxy) is 1. The van der Waals surface area contributed by atoms with Gasteiger partial charge in [-0.25, -0.2) is 9.48 Å². The Morgan fingerprint density at radius 2 is 1.76 bits per heavy atom. The quantitative estimate of drug-likeness (QED) is 0.612. The second-order valence-corrected chi connectivity index (χ2v) is 10.2. The average molecular weight is 463 g/mol. The van der Waals surface area contributed by atoms with Crippen molar-refractivity contribution in [3.8, 4) is 11.3 Å². The van der Waals surface area contributed by atoms with Crippen molar-refractivity contribution < 1.29 is 9.53 Å². The Hall–Kier alpha value is -3.19. The number of aromatic nitrogens is 2. The SMILES string of the molecule is Cc1ccc(C)c(-c2nn(CN3CCC(NC(=O)OC(C)(C)C)CC3)c(=O)c3ccccc23)c1. The number of alkyl carbamates (subject to hydrolysis) is 1. The van der Waals surface area contributed by atoms with Crippen LogP contribution in [0.15, 0.2) is 47.3 Å². The smallest absolute Gasteiger partial charge is 0.407 e. The number of rotatable bonds is 4. The molecule has 1 N–H and O–H groups in total. The lowest BCUT2D eigenvalue weighted by molar-refractivity contribution is 0.0470. The molecule has 180 valence electrons. The van der Waals surface area contributed by atoms with Crippen LogP contribution in [0.2, 0.25) is 0 Å². The minimum atomic E-state index is -0.513. The van der Waals surface area contributed by atoms with Crippen LogP contribution >= 0.6 is 0 Å². The number of hydrogen-bond donors (Lipinski definition) is 1. The van der Waals surface area contributed by atoms with Crippen LogP contribution in [-0.2, 0) is 11.4 Å². The lowest BCUT2D eigenvalue weighted by atomic mass is 9.99. The number of benzene rings is 2. The van der Waals surface area contributed by atoms with E-state index in [0.29, 0.717) is 12.1 Å². The van der Waals surface area contributed by atoms with E-state index in [1.807, 2.05) is 45.0 Å². The predicted molar refractivity (Wildman–Crippen MR) is 135 cm³/mol. The molecule has 0 radical (unpaired) electrons. The van der Waals surface area contributed by atoms with E-state index in [2.05, 4.69) is 42.3 Å². The van der Waals surface area contributed by atoms with Crippen LogP contribution < -0.4 is 10.9 Å². The van der Waals surface area contributed by atoms with Crippen LogP contribution in [0, 0.1) is 13.8 Å². The first-order valence-electron chi connectivity index (χ1n) is 11.9. The van der Waals surface area contributed by atoms with E-state index >= 15 is 0 Å². The Kier molecular flexibility index (Phi) is 6.75. The first-order valence-corrected chi connectivity index (χ1v) is 11.9. The molecule has 2 aromatic carbocycles. The number of carbonyl (C=O) groups excluding carboxylic acids is 1. The van der Waals surface area contributed by atoms with E-state index in [4.69, 9.17) is 9.84 Å². The van der Waals surface area contributed by atoms with Crippen molar-refractivity contribution >= 4 is 16.9 Å². The highest BCUT2D eigenvalue weighted by atomic mass is 16.6. The normalized spacial score (nSPS) is 15.4. The van der Waals surface area contributed by atoms with Crippen LogP contribution in [0.25, 0.3) is 22.0 Å². The molecule has 1 fully saturated rings. The monoisotopic (exact) mass is 462 g/mol. The fraction of sp³-hybridized carbons (Fsp3) is 0.444. The van der Waals surface area contributed by atoms with E-state index in [-0.39, 0.29) is 17.7 Å². The topological polar surface area (TPSA) is 76.5 Å². The van der Waals surface area contributed by atoms with Crippen LogP contribution in [0.5, 0.6) is 0 Å². The fourth-order valence-electron chi connectivity index (χ4n) is 4.40. The number of nitrogens with zero attached hydrogens (tertiary/aromatic N) is 3. The van der Waals surface area contributed by atoms with E-state index in [0.717, 1.165) is 53.7 Å². The summed E-state index contributed by atoms with van der Waals surface area (Å²) in [5.41, 5.74) is 3.56. The molecule has 4 rings (SSSR count). The van der Waals surface area contributed by atoms with Gasteiger partial charge in [-0.3, -0.25) is 9.69 Å². The number of hydrogen-bond acceptors (Lipinski definition) is 5. The molecule has 0 spiro atoms. The summed E-state index contributed by atoms with van der Waals surface area (Å²) in [7, 11) is 0. The van der Waals surface area contributed by atoms with Gasteiger partial charge in [-0.2, -0.15) is 5.10 Å². The molecule has 34 heavy (non-hydrogen) atoms. The van der Waals surface area contributed by atoms with Crippen LogP contribution in [-0.4, -0.2) is 45.5 Å². The van der Waals surface area contributed by atoms with Crippen molar-refractivity contribution in [3.05, 3.63) is 63.9 Å². The first-order chi connectivity index (χ1) is 16.1. The number of aryl methyl sites for hydroxylation is 2. The maximum atomic E-state index is 13.3. The Labute approximate surface area is 200 Å². The van der Waals surface area contributed by atoms with E-state index in [1.54, 1.807) is 4.68 Å². The third-order valence-corrected chi connectivity index (χ3v) is 6.16. The molecule has 1 amide bonds. The molecular weight excluding hydrogens is 428 g/mol. The Morgan fingerprint density at radius 1 is 1.09 bits per heavy atom. The highest BCUT2D eigenvalue weighted by molar-refractivity contribution is 5.94. The largest absolute Gasteiger partial charge is 0.444 e. The molecule has 7 heteroatoms. The molecule has 3 aromatic rings. The van der Waals surface area contributed by atoms with Crippen LogP contribution in [0.4, 0.5) is 4.79 Å². The summed E-state index contributed by atoms with van der Waals surface area (Å²) < 4.78 is 6.96. The van der Waals surface area contributed by atoms with Crippen molar-refractivity contribution in [2.24, 2.45) is 0 Å². The maximum Gasteiger partial charge on any atom is 0.407 e. The van der Waals surface area contributed by atoms with Gasteiger partial charge in [-0.15, -0.1) is 0 Å². The highest BCUT2D eigenvalue weighted by Gasteiger charge is 2.24. The van der Waals surface area contributed by atoms with Crippen LogP contribution in [0.3, 0.4) is 0 Å². The molecule has 7 nitrogen and oxygen atoms in total. The molecule has 0 unspecified atom stereocenters. The van der Waals surface area contributed by atoms with Gasteiger partial charge in [-0.1, -0.05) is 35.9 Å². The van der Waals surface area contributed by atoms with Gasteiger partial charge < -0.3 is 10.1 Å². The fourth-order valence-corrected chi connectivity index (χ4v) is 4.40. The lowest BCUT2D eigenvalue weighted by Gasteiger charge is -2.32. The van der Waals surface area contributed by atoms with Crippen molar-refractivity contribution in [1.29, 1.82) is 0 Å². The third kappa shape index (κ3) is 5.47. The van der Waals surface area contributed by atoms with Gasteiger partial charge >= 0.3 is 6.09 Å². The second-order valence-electron chi connectivity index (χ2n) is 10.2. The van der Waals surface area contributed by atoms with Crippen molar-refractivity contribution in [3.63, 3.8) is 0 Å². The summed E-state index contributed by atoms with van der Waals surface area (Å²) in [5.74, 6) is 0. The molecule has 1 aliphatic heterocycles. The zero-order valence-corrected chi connectivity index (χ0v) is 20.7. The molecule has 1 aliphatic rings. The molecule has 0 atom stereocenters. The number of amides is 1. The number of likely N-dealkylation sites (tertiary alicyclic amines) is 1. The van der Waals surface area contributed by atoms with Gasteiger partial charge in [0.25, 0.3) is 5.56 Å². The number of nitrogens with one attached hydrogen (secondary N) is 1. The minimum absolute atomic E-state index is 0.0675. The summed E-state index contributed by atoms with van der Waals surface area (Å²) in [6, 6.07) is 14.1. The van der Waals surface area contributed by atoms with Gasteiger partial charge in [0.05, 0.1) is 17.7 Å². The number of piperidine rings is 1. The second kappa shape index (κ2) is 9.58. The van der Waals surface area contributed by atoms with Crippen molar-refractivity contribution in [2.75, 3.05) is 13.1 Å². The molecule has 0 saturated carbocycles. The summed E-state index contributed by atoms with van der Waals surface area (Å²) in [6.07, 6.45) is 1.22. The molecule has 2 heterocycles. The molecule has 1 saturated heterocycles. The van der Waals surface area contributed by atoms with Crippen molar-refractivity contribution in [2.45, 2.75) is 65.8 Å². The molecule has 0 bridgehead atoms. The van der Waals surface area contributed by atoms with Gasteiger partial charge in [0.2, 0.25) is 0 Å². The average Bonchev–Trinajstić information content (AvgIpc) is 2.77. The van der Waals surface area contributed by atoms with Gasteiger partial charge in [0, 0.05) is 30.1 Å². The zero-order valence-electron chi connectivity index (χ0n) is 20.7. The first kappa shape index (κ1) is 24.0. The summed E-state index contributed by atoms with van der Waals surface area (Å²) in [5, 5.41) is 9.36. The predicted octanol–water partition coefficient (Wildman–Crippen LogP) is 4.63. The molecule has 1 aromatic heterocycles. The summed E-state index contributed by atoms with van der Waals surface area (Å²) >= 11 is 0. The number of fused-ring (bicyclic) bond motifs is 1. The Bertz CT molecular complexity index is 1250. The van der Waals surface area contributed by atoms with E-state index in [1.165, 1.54) is 0 Å². The standard InChI is InChI=1S/C27H34N4O3/c1-18-10-11-19(2)23(16-18)24-21-8-6-7-9-22(21)25(32)31(29-24)17-30-14-12-20(13-15-30)28-26(33)34-27(3,4)5/h6-11,16,20H,12-15,17H2,1-5H3,(H,28,33). The minimum Gasteiger partial charge on any atom is -0.444 e. The van der Waals surface area contributed by atoms with Gasteiger partial charge in [0.15, 0.2) is 0 Å². The van der Waals surface area contributed by atoms with Crippen LogP contribution in [0.1, 0.15) is 44.7 Å². The Morgan fingerprint density at radius 3 is 2.44 bits per heavy atom. The third-order valence-electron chi connectivity index (χ3n) is 6.16.